The summed E-state index contributed by atoms with van der Waals surface area (Å²) in [5.41, 5.74) is 5.39. The molecule has 0 aromatic heterocycles. The van der Waals surface area contributed by atoms with Gasteiger partial charge in [0.1, 0.15) is 5.75 Å². The molecule has 0 bridgehead atoms. The molecule has 0 saturated heterocycles. The molecule has 0 saturated carbocycles. The predicted molar refractivity (Wildman–Crippen MR) is 115 cm³/mol. The first-order chi connectivity index (χ1) is 14.1. The van der Waals surface area contributed by atoms with Crippen LogP contribution in [0.3, 0.4) is 0 Å². The quantitative estimate of drug-likeness (QED) is 0.658. The molecule has 0 aliphatic carbocycles. The summed E-state index contributed by atoms with van der Waals surface area (Å²) >= 11 is 0. The van der Waals surface area contributed by atoms with Crippen LogP contribution < -0.4 is 5.32 Å². The minimum atomic E-state index is 0.00773. The first-order valence-corrected chi connectivity index (χ1v) is 9.63. The Kier molecular flexibility index (Phi) is 5.22. The largest absolute Gasteiger partial charge is 0.508 e. The van der Waals surface area contributed by atoms with Crippen molar-refractivity contribution < 1.29 is 9.90 Å². The zero-order chi connectivity index (χ0) is 20.2. The number of carbonyl (C=O) groups excluding carboxylic acids is 1. The van der Waals surface area contributed by atoms with Crippen LogP contribution in [-0.2, 0) is 13.0 Å². The maximum atomic E-state index is 13.0. The number of fused-ring (bicyclic) bond motifs is 1. The second-order valence-corrected chi connectivity index (χ2v) is 7.05. The molecule has 4 rings (SSSR count). The van der Waals surface area contributed by atoms with E-state index in [2.05, 4.69) is 17.2 Å². The van der Waals surface area contributed by atoms with E-state index in [9.17, 15) is 9.90 Å². The van der Waals surface area contributed by atoms with Gasteiger partial charge in [-0.15, -0.1) is 0 Å². The van der Waals surface area contributed by atoms with Crippen molar-refractivity contribution in [2.75, 3.05) is 18.9 Å². The number of aromatic hydroxyl groups is 1. The third-order valence-electron chi connectivity index (χ3n) is 5.15. The maximum Gasteiger partial charge on any atom is 0.254 e. The second kappa shape index (κ2) is 8.12. The van der Waals surface area contributed by atoms with Crippen molar-refractivity contribution in [3.63, 3.8) is 0 Å². The van der Waals surface area contributed by atoms with Crippen LogP contribution in [0.4, 0.5) is 5.69 Å². The van der Waals surface area contributed by atoms with Gasteiger partial charge in [0.2, 0.25) is 0 Å². The van der Waals surface area contributed by atoms with Crippen molar-refractivity contribution in [3.8, 4) is 17.6 Å². The third-order valence-corrected chi connectivity index (χ3v) is 5.15. The highest BCUT2D eigenvalue weighted by Gasteiger charge is 2.24. The minimum absolute atomic E-state index is 0.00773. The van der Waals surface area contributed by atoms with E-state index in [-0.39, 0.29) is 11.7 Å². The van der Waals surface area contributed by atoms with Crippen LogP contribution in [0.5, 0.6) is 5.75 Å². The highest BCUT2D eigenvalue weighted by molar-refractivity contribution is 5.94. The van der Waals surface area contributed by atoms with E-state index in [0.717, 1.165) is 27.9 Å². The maximum absolute atomic E-state index is 13.0. The first-order valence-electron chi connectivity index (χ1n) is 9.63. The molecule has 1 amide bonds. The monoisotopic (exact) mass is 382 g/mol. The number of anilines is 1. The molecule has 1 aliphatic rings. The lowest BCUT2D eigenvalue weighted by atomic mass is 9.94. The van der Waals surface area contributed by atoms with Crippen LogP contribution in [0.15, 0.2) is 66.7 Å². The Morgan fingerprint density at radius 1 is 1.03 bits per heavy atom. The second-order valence-electron chi connectivity index (χ2n) is 7.05. The van der Waals surface area contributed by atoms with Crippen molar-refractivity contribution in [2.45, 2.75) is 13.0 Å². The van der Waals surface area contributed by atoms with Crippen LogP contribution in [0.2, 0.25) is 0 Å². The average Bonchev–Trinajstić information content (AvgIpc) is 2.77. The summed E-state index contributed by atoms with van der Waals surface area (Å²) in [6, 6.07) is 20.7. The van der Waals surface area contributed by atoms with E-state index >= 15 is 0 Å². The zero-order valence-corrected chi connectivity index (χ0v) is 16.3. The highest BCUT2D eigenvalue weighted by Crippen LogP contribution is 2.28. The fourth-order valence-corrected chi connectivity index (χ4v) is 3.56. The number of phenols is 1. The molecule has 29 heavy (non-hydrogen) atoms. The number of hydrogen-bond donors (Lipinski definition) is 2. The van der Waals surface area contributed by atoms with Crippen molar-refractivity contribution >= 4 is 11.6 Å². The lowest BCUT2D eigenvalue weighted by Crippen LogP contribution is -2.36. The normalized spacial score (nSPS) is 12.5. The number of hydrogen-bond acceptors (Lipinski definition) is 3. The van der Waals surface area contributed by atoms with Gasteiger partial charge >= 0.3 is 0 Å². The van der Waals surface area contributed by atoms with Gasteiger partial charge in [-0.25, -0.2) is 0 Å². The van der Waals surface area contributed by atoms with E-state index in [4.69, 9.17) is 0 Å². The van der Waals surface area contributed by atoms with Crippen LogP contribution >= 0.6 is 0 Å². The average molecular weight is 382 g/mol. The zero-order valence-electron chi connectivity index (χ0n) is 16.3. The Balaban J connectivity index is 1.62. The number of nitrogens with zero attached hydrogens (tertiary/aromatic N) is 1. The van der Waals surface area contributed by atoms with E-state index in [0.29, 0.717) is 25.1 Å². The summed E-state index contributed by atoms with van der Waals surface area (Å²) < 4.78 is 0. The number of nitrogens with one attached hydrogen (secondary N) is 1. The summed E-state index contributed by atoms with van der Waals surface area (Å²) in [6.45, 7) is 1.11. The SMILES string of the molecule is CNc1ccc(C(=O)N2CCc3cc(O)cc(C#Cc4ccccc4)c3C2)cc1. The Labute approximate surface area is 170 Å². The van der Waals surface area contributed by atoms with Crippen molar-refractivity contribution in [2.24, 2.45) is 0 Å². The molecule has 3 aromatic carbocycles. The molecule has 4 nitrogen and oxygen atoms in total. The van der Waals surface area contributed by atoms with Gasteiger partial charge in [-0.05, 0) is 66.1 Å². The molecule has 0 atom stereocenters. The van der Waals surface area contributed by atoms with Crippen LogP contribution in [0.25, 0.3) is 0 Å². The molecular formula is C25H22N2O2. The standard InChI is InChI=1S/C25H22N2O2/c1-26-22-11-9-19(10-12-22)25(29)27-14-13-21-16-23(28)15-20(24(21)17-27)8-7-18-5-3-2-4-6-18/h2-6,9-12,15-16,26,28H,13-14,17H2,1H3. The van der Waals surface area contributed by atoms with Gasteiger partial charge in [0.15, 0.2) is 0 Å². The Morgan fingerprint density at radius 2 is 1.79 bits per heavy atom. The van der Waals surface area contributed by atoms with Crippen LogP contribution in [0, 0.1) is 11.8 Å². The molecule has 4 heteroatoms. The summed E-state index contributed by atoms with van der Waals surface area (Å²) in [7, 11) is 1.85. The van der Waals surface area contributed by atoms with Gasteiger partial charge in [-0.1, -0.05) is 30.0 Å². The molecule has 1 heterocycles. The number of amides is 1. The topological polar surface area (TPSA) is 52.6 Å². The molecule has 2 N–H and O–H groups in total. The fraction of sp³-hybridized carbons (Fsp3) is 0.160. The number of carbonyl (C=O) groups is 1. The Hall–Kier alpha value is -3.71. The molecule has 1 aliphatic heterocycles. The van der Waals surface area contributed by atoms with E-state index < -0.39 is 0 Å². The van der Waals surface area contributed by atoms with Gasteiger partial charge < -0.3 is 15.3 Å². The lowest BCUT2D eigenvalue weighted by Gasteiger charge is -2.30. The van der Waals surface area contributed by atoms with Gasteiger partial charge in [0.25, 0.3) is 5.91 Å². The molecule has 0 unspecified atom stereocenters. The molecule has 0 fully saturated rings. The summed E-state index contributed by atoms with van der Waals surface area (Å²) in [6.07, 6.45) is 0.699. The highest BCUT2D eigenvalue weighted by atomic mass is 16.3. The van der Waals surface area contributed by atoms with Crippen LogP contribution in [-0.4, -0.2) is 29.5 Å². The summed E-state index contributed by atoms with van der Waals surface area (Å²) in [5.74, 6) is 6.56. The van der Waals surface area contributed by atoms with E-state index in [1.165, 1.54) is 0 Å². The van der Waals surface area contributed by atoms with Gasteiger partial charge in [-0.3, -0.25) is 4.79 Å². The lowest BCUT2D eigenvalue weighted by molar-refractivity contribution is 0.0734. The molecule has 144 valence electrons. The summed E-state index contributed by atoms with van der Waals surface area (Å²) in [4.78, 5) is 14.8. The smallest absolute Gasteiger partial charge is 0.254 e. The Bertz CT molecular complexity index is 1090. The molecule has 3 aromatic rings. The number of rotatable bonds is 2. The minimum Gasteiger partial charge on any atom is -0.508 e. The Morgan fingerprint density at radius 3 is 2.52 bits per heavy atom. The predicted octanol–water partition coefficient (Wildman–Crippen LogP) is 4.03. The fourth-order valence-electron chi connectivity index (χ4n) is 3.56. The summed E-state index contributed by atoms with van der Waals surface area (Å²) in [5, 5.41) is 13.2. The molecular weight excluding hydrogens is 360 g/mol. The molecule has 0 spiro atoms. The van der Waals surface area contributed by atoms with Crippen molar-refractivity contribution in [3.05, 3.63) is 94.5 Å². The third kappa shape index (κ3) is 4.09. The molecule has 0 radical (unpaired) electrons. The first kappa shape index (κ1) is 18.6. The van der Waals surface area contributed by atoms with Crippen molar-refractivity contribution in [1.29, 1.82) is 0 Å². The van der Waals surface area contributed by atoms with Crippen molar-refractivity contribution in [1.82, 2.24) is 4.90 Å². The van der Waals surface area contributed by atoms with Crippen LogP contribution in [0.1, 0.15) is 32.6 Å². The van der Waals surface area contributed by atoms with E-state index in [1.807, 2.05) is 66.5 Å². The van der Waals surface area contributed by atoms with Gasteiger partial charge in [0, 0.05) is 42.5 Å². The van der Waals surface area contributed by atoms with Gasteiger partial charge in [0.05, 0.1) is 0 Å². The number of phenolic OH excluding ortho intramolecular Hbond substituents is 1. The van der Waals surface area contributed by atoms with E-state index in [1.54, 1.807) is 12.1 Å². The number of benzene rings is 3. The van der Waals surface area contributed by atoms with Gasteiger partial charge in [-0.2, -0.15) is 0 Å².